The lowest BCUT2D eigenvalue weighted by molar-refractivity contribution is -0.118. The van der Waals surface area contributed by atoms with E-state index in [0.717, 1.165) is 47.8 Å². The number of nitrogens with one attached hydrogen (secondary N) is 2. The molecule has 29 heavy (non-hydrogen) atoms. The number of aryl methyl sites for hydroxylation is 1. The minimum absolute atomic E-state index is 0.0984. The zero-order chi connectivity index (χ0) is 20.2. The van der Waals surface area contributed by atoms with Crippen LogP contribution in [0.4, 0.5) is 11.8 Å². The van der Waals surface area contributed by atoms with Gasteiger partial charge in [-0.2, -0.15) is 0 Å². The third-order valence-corrected chi connectivity index (χ3v) is 5.08. The molecule has 1 aliphatic rings. The summed E-state index contributed by atoms with van der Waals surface area (Å²) in [6, 6.07) is 10.9. The van der Waals surface area contributed by atoms with Crippen molar-refractivity contribution in [2.45, 2.75) is 6.92 Å². The Bertz CT molecular complexity index is 1020. The second-order valence-corrected chi connectivity index (χ2v) is 7.62. The van der Waals surface area contributed by atoms with Gasteiger partial charge in [0, 0.05) is 30.7 Å². The average molecular weight is 457 g/mol. The van der Waals surface area contributed by atoms with Gasteiger partial charge >= 0.3 is 0 Å². The van der Waals surface area contributed by atoms with Crippen molar-refractivity contribution in [1.82, 2.24) is 20.3 Å². The molecule has 9 heteroatoms. The van der Waals surface area contributed by atoms with Crippen molar-refractivity contribution in [2.75, 3.05) is 43.0 Å². The predicted octanol–water partition coefficient (Wildman–Crippen LogP) is 2.52. The molecule has 1 aromatic carbocycles. The fourth-order valence-electron chi connectivity index (χ4n) is 3.08. The molecule has 2 N–H and O–H groups in total. The lowest BCUT2D eigenvalue weighted by Crippen LogP contribution is -2.44. The summed E-state index contributed by atoms with van der Waals surface area (Å²) in [6.07, 6.45) is 0. The number of benzene rings is 1. The molecule has 1 aliphatic heterocycles. The van der Waals surface area contributed by atoms with Crippen LogP contribution in [0.25, 0.3) is 11.0 Å². The van der Waals surface area contributed by atoms with Gasteiger partial charge in [0.25, 0.3) is 5.91 Å². The molecule has 0 unspecified atom stereocenters. The van der Waals surface area contributed by atoms with Crippen LogP contribution in [-0.4, -0.2) is 53.6 Å². The van der Waals surface area contributed by atoms with Crippen molar-refractivity contribution in [3.63, 3.8) is 0 Å². The zero-order valence-corrected chi connectivity index (χ0v) is 17.6. The Morgan fingerprint density at radius 2 is 1.90 bits per heavy atom. The lowest BCUT2D eigenvalue weighted by atomic mass is 10.3. The molecule has 0 radical (unpaired) electrons. The van der Waals surface area contributed by atoms with Gasteiger partial charge in [-0.3, -0.25) is 4.79 Å². The minimum atomic E-state index is -0.282. The van der Waals surface area contributed by atoms with E-state index in [2.05, 4.69) is 46.4 Å². The summed E-state index contributed by atoms with van der Waals surface area (Å²) in [7, 11) is 0. The van der Waals surface area contributed by atoms with Crippen molar-refractivity contribution in [3.05, 3.63) is 46.6 Å². The SMILES string of the molecule is Cc1nc(N2CCNCC2)nc2ccc(NC(=O)COc3ccc(Br)cc3)nc12. The number of aromatic nitrogens is 3. The number of piperazine rings is 1. The lowest BCUT2D eigenvalue weighted by Gasteiger charge is -2.27. The Morgan fingerprint density at radius 3 is 2.66 bits per heavy atom. The maximum absolute atomic E-state index is 12.2. The number of amides is 1. The van der Waals surface area contributed by atoms with Gasteiger partial charge in [-0.05, 0) is 43.3 Å². The van der Waals surface area contributed by atoms with Crippen LogP contribution < -0.4 is 20.3 Å². The molecule has 0 aliphatic carbocycles. The highest BCUT2D eigenvalue weighted by Gasteiger charge is 2.16. The van der Waals surface area contributed by atoms with E-state index in [1.807, 2.05) is 25.1 Å². The van der Waals surface area contributed by atoms with Crippen LogP contribution >= 0.6 is 15.9 Å². The molecule has 3 heterocycles. The van der Waals surface area contributed by atoms with Crippen LogP contribution in [0.1, 0.15) is 5.69 Å². The van der Waals surface area contributed by atoms with Crippen LogP contribution in [0, 0.1) is 6.92 Å². The summed E-state index contributed by atoms with van der Waals surface area (Å²) in [4.78, 5) is 28.1. The largest absolute Gasteiger partial charge is 0.484 e. The van der Waals surface area contributed by atoms with Gasteiger partial charge in [0.1, 0.15) is 17.1 Å². The molecule has 150 valence electrons. The number of fused-ring (bicyclic) bond motifs is 1. The van der Waals surface area contributed by atoms with Crippen LogP contribution in [0.3, 0.4) is 0 Å². The third kappa shape index (κ3) is 4.80. The maximum Gasteiger partial charge on any atom is 0.263 e. The molecule has 8 nitrogen and oxygen atoms in total. The van der Waals surface area contributed by atoms with E-state index < -0.39 is 0 Å². The van der Waals surface area contributed by atoms with E-state index in [9.17, 15) is 4.79 Å². The number of hydrogen-bond donors (Lipinski definition) is 2. The van der Waals surface area contributed by atoms with Gasteiger partial charge in [-0.25, -0.2) is 15.0 Å². The summed E-state index contributed by atoms with van der Waals surface area (Å²) in [5.74, 6) is 1.51. The summed E-state index contributed by atoms with van der Waals surface area (Å²) >= 11 is 3.36. The van der Waals surface area contributed by atoms with Crippen LogP contribution in [0.5, 0.6) is 5.75 Å². The first-order chi connectivity index (χ1) is 14.1. The summed E-state index contributed by atoms with van der Waals surface area (Å²) in [6.45, 7) is 5.41. The number of pyridine rings is 1. The fraction of sp³-hybridized carbons (Fsp3) is 0.300. The molecule has 1 saturated heterocycles. The molecule has 1 amide bonds. The van der Waals surface area contributed by atoms with Crippen molar-refractivity contribution < 1.29 is 9.53 Å². The molecule has 0 spiro atoms. The molecular weight excluding hydrogens is 436 g/mol. The number of anilines is 2. The average Bonchev–Trinajstić information content (AvgIpc) is 2.74. The first-order valence-electron chi connectivity index (χ1n) is 9.38. The van der Waals surface area contributed by atoms with Gasteiger partial charge < -0.3 is 20.3 Å². The first-order valence-corrected chi connectivity index (χ1v) is 10.2. The molecule has 4 rings (SSSR count). The number of carbonyl (C=O) groups excluding carboxylic acids is 1. The van der Waals surface area contributed by atoms with Crippen LogP contribution in [-0.2, 0) is 4.79 Å². The summed E-state index contributed by atoms with van der Waals surface area (Å²) < 4.78 is 6.44. The predicted molar refractivity (Wildman–Crippen MR) is 115 cm³/mol. The molecular formula is C20H21BrN6O2. The van der Waals surface area contributed by atoms with E-state index in [-0.39, 0.29) is 12.5 Å². The van der Waals surface area contributed by atoms with Crippen LogP contribution in [0.15, 0.2) is 40.9 Å². The highest BCUT2D eigenvalue weighted by molar-refractivity contribution is 9.10. The van der Waals surface area contributed by atoms with E-state index in [1.165, 1.54) is 0 Å². The Kier molecular flexibility index (Phi) is 5.86. The topological polar surface area (TPSA) is 92.3 Å². The van der Waals surface area contributed by atoms with E-state index >= 15 is 0 Å². The molecule has 2 aromatic heterocycles. The minimum Gasteiger partial charge on any atom is -0.484 e. The summed E-state index contributed by atoms with van der Waals surface area (Å²) in [5, 5.41) is 6.09. The van der Waals surface area contributed by atoms with Gasteiger partial charge in [0.05, 0.1) is 11.2 Å². The standard InChI is InChI=1S/C20H21BrN6O2/c1-13-19-16(24-20(23-13)27-10-8-22-9-11-27)6-7-17(26-19)25-18(28)12-29-15-4-2-14(21)3-5-15/h2-7,22H,8-12H2,1H3,(H,25,26,28). The number of nitrogens with zero attached hydrogens (tertiary/aromatic N) is 4. The monoisotopic (exact) mass is 456 g/mol. The van der Waals surface area contributed by atoms with Crippen molar-refractivity contribution >= 4 is 44.6 Å². The second-order valence-electron chi connectivity index (χ2n) is 6.70. The molecule has 0 bridgehead atoms. The molecule has 0 saturated carbocycles. The number of hydrogen-bond acceptors (Lipinski definition) is 7. The van der Waals surface area contributed by atoms with Gasteiger partial charge in [0.2, 0.25) is 5.95 Å². The number of halogens is 1. The maximum atomic E-state index is 12.2. The number of ether oxygens (including phenoxy) is 1. The van der Waals surface area contributed by atoms with E-state index in [0.29, 0.717) is 17.1 Å². The number of rotatable bonds is 5. The van der Waals surface area contributed by atoms with Gasteiger partial charge in [-0.1, -0.05) is 15.9 Å². The highest BCUT2D eigenvalue weighted by Crippen LogP contribution is 2.20. The Labute approximate surface area is 176 Å². The van der Waals surface area contributed by atoms with Crippen molar-refractivity contribution in [1.29, 1.82) is 0 Å². The molecule has 0 atom stereocenters. The Balaban J connectivity index is 1.44. The highest BCUT2D eigenvalue weighted by atomic mass is 79.9. The van der Waals surface area contributed by atoms with Gasteiger partial charge in [-0.15, -0.1) is 0 Å². The molecule has 3 aromatic rings. The van der Waals surface area contributed by atoms with E-state index in [1.54, 1.807) is 18.2 Å². The molecule has 1 fully saturated rings. The Hall–Kier alpha value is -2.78. The second kappa shape index (κ2) is 8.71. The normalized spacial score (nSPS) is 14.1. The van der Waals surface area contributed by atoms with Gasteiger partial charge in [0.15, 0.2) is 6.61 Å². The van der Waals surface area contributed by atoms with Crippen LogP contribution in [0.2, 0.25) is 0 Å². The quantitative estimate of drug-likeness (QED) is 0.609. The zero-order valence-electron chi connectivity index (χ0n) is 16.0. The fourth-order valence-corrected chi connectivity index (χ4v) is 3.34. The third-order valence-electron chi connectivity index (χ3n) is 4.56. The van der Waals surface area contributed by atoms with E-state index in [4.69, 9.17) is 4.74 Å². The van der Waals surface area contributed by atoms with Crippen molar-refractivity contribution in [2.24, 2.45) is 0 Å². The smallest absolute Gasteiger partial charge is 0.263 e. The van der Waals surface area contributed by atoms with Crippen molar-refractivity contribution in [3.8, 4) is 5.75 Å². The summed E-state index contributed by atoms with van der Waals surface area (Å²) in [5.41, 5.74) is 2.22. The first kappa shape index (κ1) is 19.5. The Morgan fingerprint density at radius 1 is 1.14 bits per heavy atom. The number of carbonyl (C=O) groups is 1.